The van der Waals surface area contributed by atoms with E-state index in [1.165, 1.54) is 11.1 Å². The highest BCUT2D eigenvalue weighted by atomic mass is 16.5. The maximum atomic E-state index is 10.0. The van der Waals surface area contributed by atoms with E-state index in [0.29, 0.717) is 24.4 Å². The number of hydrogen-bond donors (Lipinski definition) is 2. The Morgan fingerprint density at radius 1 is 1.23 bits per heavy atom. The first-order chi connectivity index (χ1) is 12.6. The monoisotopic (exact) mass is 352 g/mol. The van der Waals surface area contributed by atoms with Gasteiger partial charge in [0.1, 0.15) is 18.1 Å². The van der Waals surface area contributed by atoms with Crippen molar-refractivity contribution in [3.8, 4) is 11.5 Å². The van der Waals surface area contributed by atoms with Crippen LogP contribution in [-0.4, -0.2) is 48.8 Å². The molecule has 2 bridgehead atoms. The molecule has 1 saturated heterocycles. The molecule has 1 aliphatic heterocycles. The number of benzene rings is 2. The first-order valence-corrected chi connectivity index (χ1v) is 9.52. The Hall–Kier alpha value is -2.04. The Labute approximate surface area is 155 Å². The van der Waals surface area contributed by atoms with E-state index < -0.39 is 0 Å². The number of para-hydroxylation sites is 1. The number of fused-ring (bicyclic) bond motifs is 4. The molecular formula is C22H28N2O2. The van der Waals surface area contributed by atoms with Crippen molar-refractivity contribution >= 4 is 0 Å². The van der Waals surface area contributed by atoms with Crippen LogP contribution >= 0.6 is 0 Å². The van der Waals surface area contributed by atoms with E-state index >= 15 is 0 Å². The third-order valence-corrected chi connectivity index (χ3v) is 6.24. The minimum absolute atomic E-state index is 0.0379. The summed E-state index contributed by atoms with van der Waals surface area (Å²) in [5.41, 5.74) is 2.72. The molecule has 138 valence electrons. The fourth-order valence-electron chi connectivity index (χ4n) is 4.75. The molecule has 0 aromatic heterocycles. The van der Waals surface area contributed by atoms with Crippen LogP contribution in [0.25, 0.3) is 0 Å². The zero-order valence-electron chi connectivity index (χ0n) is 15.6. The van der Waals surface area contributed by atoms with Gasteiger partial charge in [-0.15, -0.1) is 0 Å². The van der Waals surface area contributed by atoms with Crippen LogP contribution in [-0.2, 0) is 11.8 Å². The number of rotatable bonds is 5. The molecule has 2 aromatic carbocycles. The number of ether oxygens (including phenoxy) is 1. The molecule has 0 unspecified atom stereocenters. The largest absolute Gasteiger partial charge is 0.508 e. The van der Waals surface area contributed by atoms with Gasteiger partial charge >= 0.3 is 0 Å². The molecule has 2 aliphatic rings. The number of aromatic hydroxyl groups is 1. The Balaban J connectivity index is 1.49. The third kappa shape index (κ3) is 3.08. The molecule has 1 heterocycles. The van der Waals surface area contributed by atoms with E-state index in [1.807, 2.05) is 42.5 Å². The molecule has 4 rings (SSSR count). The number of piperidine rings is 1. The van der Waals surface area contributed by atoms with Crippen LogP contribution in [0.3, 0.4) is 0 Å². The number of likely N-dealkylation sites (tertiary alicyclic amines) is 1. The Bertz CT molecular complexity index is 764. The van der Waals surface area contributed by atoms with E-state index in [0.717, 1.165) is 31.7 Å². The van der Waals surface area contributed by atoms with Crippen molar-refractivity contribution in [2.75, 3.05) is 26.7 Å². The summed E-state index contributed by atoms with van der Waals surface area (Å²) in [5.74, 6) is 1.28. The minimum Gasteiger partial charge on any atom is -0.508 e. The summed E-state index contributed by atoms with van der Waals surface area (Å²) in [6, 6.07) is 16.7. The van der Waals surface area contributed by atoms with Gasteiger partial charge in [0, 0.05) is 24.0 Å². The van der Waals surface area contributed by atoms with Crippen molar-refractivity contribution in [2.45, 2.75) is 37.3 Å². The Morgan fingerprint density at radius 2 is 2.04 bits per heavy atom. The summed E-state index contributed by atoms with van der Waals surface area (Å²) in [5, 5.41) is 13.8. The van der Waals surface area contributed by atoms with Gasteiger partial charge in [-0.25, -0.2) is 0 Å². The van der Waals surface area contributed by atoms with Crippen molar-refractivity contribution in [3.05, 3.63) is 59.7 Å². The fourth-order valence-corrected chi connectivity index (χ4v) is 4.75. The van der Waals surface area contributed by atoms with Crippen LogP contribution in [0.2, 0.25) is 0 Å². The molecule has 1 fully saturated rings. The highest BCUT2D eigenvalue weighted by Crippen LogP contribution is 2.45. The molecule has 4 heteroatoms. The lowest BCUT2D eigenvalue weighted by Gasteiger charge is -2.55. The minimum atomic E-state index is 0.0379. The SMILES string of the molecule is CN1CC[C@]2(C)c3cc(O)ccc3C[C@@H]1[C@@H]2NCCOc1ccccc1. The maximum Gasteiger partial charge on any atom is 0.119 e. The molecule has 4 nitrogen and oxygen atoms in total. The van der Waals surface area contributed by atoms with Crippen molar-refractivity contribution in [1.82, 2.24) is 10.2 Å². The molecule has 0 radical (unpaired) electrons. The van der Waals surface area contributed by atoms with Crippen LogP contribution in [0.4, 0.5) is 0 Å². The summed E-state index contributed by atoms with van der Waals surface area (Å²) in [7, 11) is 2.23. The van der Waals surface area contributed by atoms with Crippen LogP contribution in [0.1, 0.15) is 24.5 Å². The molecule has 26 heavy (non-hydrogen) atoms. The molecular weight excluding hydrogens is 324 g/mol. The van der Waals surface area contributed by atoms with Crippen LogP contribution in [0, 0.1) is 0 Å². The Morgan fingerprint density at radius 3 is 2.85 bits per heavy atom. The second-order valence-electron chi connectivity index (χ2n) is 7.85. The van der Waals surface area contributed by atoms with Crippen molar-refractivity contribution in [1.29, 1.82) is 0 Å². The zero-order chi connectivity index (χ0) is 18.1. The average molecular weight is 352 g/mol. The number of likely N-dealkylation sites (N-methyl/N-ethyl adjacent to an activating group) is 1. The highest BCUT2D eigenvalue weighted by Gasteiger charge is 2.49. The van der Waals surface area contributed by atoms with Crippen LogP contribution < -0.4 is 10.1 Å². The standard InChI is InChI=1S/C22H28N2O2/c1-22-10-12-24(2)20(14-16-8-9-17(25)15-19(16)22)21(22)23-11-13-26-18-6-4-3-5-7-18/h3-9,15,20-21,23,25H,10-14H2,1-2H3/t20-,21+,22-/m1/s1. The van der Waals surface area contributed by atoms with E-state index in [1.54, 1.807) is 0 Å². The third-order valence-electron chi connectivity index (χ3n) is 6.24. The smallest absolute Gasteiger partial charge is 0.119 e. The lowest BCUT2D eigenvalue weighted by molar-refractivity contribution is 0.0639. The number of phenols is 1. The number of phenolic OH excluding ortho intramolecular Hbond substituents is 1. The normalized spacial score (nSPS) is 27.8. The molecule has 2 N–H and O–H groups in total. The lowest BCUT2D eigenvalue weighted by atomic mass is 9.61. The van der Waals surface area contributed by atoms with Crippen molar-refractivity contribution in [2.24, 2.45) is 0 Å². The average Bonchev–Trinajstić information content (AvgIpc) is 2.65. The van der Waals surface area contributed by atoms with Crippen LogP contribution in [0.5, 0.6) is 11.5 Å². The summed E-state index contributed by atoms with van der Waals surface area (Å²) < 4.78 is 5.85. The van der Waals surface area contributed by atoms with Gasteiger partial charge in [-0.1, -0.05) is 31.2 Å². The predicted molar refractivity (Wildman–Crippen MR) is 104 cm³/mol. The maximum absolute atomic E-state index is 10.0. The van der Waals surface area contributed by atoms with Gasteiger partial charge in [0.15, 0.2) is 0 Å². The summed E-state index contributed by atoms with van der Waals surface area (Å²) >= 11 is 0. The molecule has 3 atom stereocenters. The number of nitrogens with one attached hydrogen (secondary N) is 1. The number of hydrogen-bond acceptors (Lipinski definition) is 4. The lowest BCUT2D eigenvalue weighted by Crippen LogP contribution is -2.66. The molecule has 0 spiro atoms. The number of nitrogens with zero attached hydrogens (tertiary/aromatic N) is 1. The summed E-state index contributed by atoms with van der Waals surface area (Å²) in [4.78, 5) is 2.48. The molecule has 0 saturated carbocycles. The fraction of sp³-hybridized carbons (Fsp3) is 0.455. The topological polar surface area (TPSA) is 44.7 Å². The van der Waals surface area contributed by atoms with Crippen LogP contribution in [0.15, 0.2) is 48.5 Å². The molecule has 1 aliphatic carbocycles. The first-order valence-electron chi connectivity index (χ1n) is 9.52. The van der Waals surface area contributed by atoms with Gasteiger partial charge in [-0.05, 0) is 61.8 Å². The quantitative estimate of drug-likeness (QED) is 0.812. The summed E-state index contributed by atoms with van der Waals surface area (Å²) in [6.07, 6.45) is 2.12. The van der Waals surface area contributed by atoms with E-state index in [2.05, 4.69) is 30.3 Å². The molecule has 2 aromatic rings. The van der Waals surface area contributed by atoms with Crippen molar-refractivity contribution < 1.29 is 9.84 Å². The van der Waals surface area contributed by atoms with Gasteiger partial charge in [0.25, 0.3) is 0 Å². The van der Waals surface area contributed by atoms with Gasteiger partial charge in [-0.3, -0.25) is 0 Å². The second-order valence-corrected chi connectivity index (χ2v) is 7.85. The Kier molecular flexibility index (Phi) is 4.63. The van der Waals surface area contributed by atoms with E-state index in [4.69, 9.17) is 4.74 Å². The van der Waals surface area contributed by atoms with E-state index in [9.17, 15) is 5.11 Å². The molecule has 0 amide bonds. The van der Waals surface area contributed by atoms with Gasteiger partial charge in [0.05, 0.1) is 0 Å². The van der Waals surface area contributed by atoms with E-state index in [-0.39, 0.29) is 5.41 Å². The zero-order valence-corrected chi connectivity index (χ0v) is 15.6. The highest BCUT2D eigenvalue weighted by molar-refractivity contribution is 5.45. The van der Waals surface area contributed by atoms with Gasteiger partial charge in [-0.2, -0.15) is 0 Å². The first kappa shape index (κ1) is 17.4. The van der Waals surface area contributed by atoms with Gasteiger partial charge in [0.2, 0.25) is 0 Å². The van der Waals surface area contributed by atoms with Crippen molar-refractivity contribution in [3.63, 3.8) is 0 Å². The van der Waals surface area contributed by atoms with Gasteiger partial charge < -0.3 is 20.1 Å². The predicted octanol–water partition coefficient (Wildman–Crippen LogP) is 2.95. The summed E-state index contributed by atoms with van der Waals surface area (Å²) in [6.45, 7) is 4.91. The second kappa shape index (κ2) is 6.93.